The molecule has 9 rings (SSSR count). The Morgan fingerprint density at radius 2 is 2.16 bits per heavy atom. The summed E-state index contributed by atoms with van der Waals surface area (Å²) in [7, 11) is 3.71. The van der Waals surface area contributed by atoms with E-state index >= 15 is 0 Å². The number of fused-ring (bicyclic) bond motifs is 2. The quantitative estimate of drug-likeness (QED) is 0.434. The number of hydrogen-bond acceptors (Lipinski definition) is 8. The summed E-state index contributed by atoms with van der Waals surface area (Å²) >= 11 is 3.40. The number of hydrogen-bond donors (Lipinski definition) is 0. The summed E-state index contributed by atoms with van der Waals surface area (Å²) in [5.74, 6) is 3.06. The Bertz CT molecular complexity index is 1280. The van der Waals surface area contributed by atoms with Crippen LogP contribution in [0.25, 0.3) is 0 Å². The largest absolute Gasteiger partial charge is 0.493 e. The molecule has 5 aliphatic carbocycles. The highest BCUT2D eigenvalue weighted by Gasteiger charge is 2.81. The molecule has 2 aliphatic heterocycles. The lowest BCUT2D eigenvalue weighted by Gasteiger charge is -2.74. The van der Waals surface area contributed by atoms with Gasteiger partial charge in [0.05, 0.1) is 7.11 Å². The van der Waals surface area contributed by atoms with Gasteiger partial charge in [0, 0.05) is 42.0 Å². The molecule has 0 N–H and O–H groups in total. The summed E-state index contributed by atoms with van der Waals surface area (Å²) in [5, 5.41) is 8.49. The Morgan fingerprint density at radius 1 is 1.27 bits per heavy atom. The first kappa shape index (κ1) is 23.3. The Hall–Kier alpha value is -1.61. The van der Waals surface area contributed by atoms with Gasteiger partial charge in [-0.2, -0.15) is 0 Å². The molecule has 2 spiro atoms. The van der Waals surface area contributed by atoms with Gasteiger partial charge in [-0.3, -0.25) is 4.90 Å². The molecule has 3 heterocycles. The summed E-state index contributed by atoms with van der Waals surface area (Å²) in [5.41, 5.74) is 4.58. The molecule has 37 heavy (non-hydrogen) atoms. The number of rotatable bonds is 7. The fourth-order valence-corrected chi connectivity index (χ4v) is 11.2. The lowest BCUT2D eigenvalue weighted by Crippen LogP contribution is -2.81. The van der Waals surface area contributed by atoms with E-state index < -0.39 is 0 Å². The Kier molecular flexibility index (Phi) is 5.01. The van der Waals surface area contributed by atoms with Gasteiger partial charge in [0.2, 0.25) is 0 Å². The number of piperidine rings is 1. The third-order valence-corrected chi connectivity index (χ3v) is 13.1. The molecule has 1 aromatic heterocycles. The van der Waals surface area contributed by atoms with Crippen LogP contribution in [-0.4, -0.2) is 60.2 Å². The van der Waals surface area contributed by atoms with Crippen molar-refractivity contribution in [3.8, 4) is 11.5 Å². The molecule has 1 aromatic carbocycles. The molecule has 0 amide bonds. The van der Waals surface area contributed by atoms with Crippen LogP contribution in [0, 0.1) is 17.3 Å². The molecule has 6 atom stereocenters. The highest BCUT2D eigenvalue weighted by atomic mass is 32.2. The van der Waals surface area contributed by atoms with Crippen molar-refractivity contribution in [2.45, 2.75) is 79.4 Å². The zero-order valence-corrected chi connectivity index (χ0v) is 23.5. The predicted octanol–water partition coefficient (Wildman–Crippen LogP) is 5.47. The molecule has 0 radical (unpaired) electrons. The van der Waals surface area contributed by atoms with Crippen molar-refractivity contribution >= 4 is 23.1 Å². The number of allylic oxidation sites excluding steroid dienone is 1. The van der Waals surface area contributed by atoms with Crippen molar-refractivity contribution in [2.75, 3.05) is 27.3 Å². The molecule has 4 bridgehead atoms. The highest BCUT2D eigenvalue weighted by molar-refractivity contribution is 8.04. The van der Waals surface area contributed by atoms with E-state index in [0.29, 0.717) is 6.04 Å². The minimum atomic E-state index is -0.372. The zero-order valence-electron chi connectivity index (χ0n) is 21.9. The summed E-state index contributed by atoms with van der Waals surface area (Å²) in [4.78, 5) is 4.26. The number of likely N-dealkylation sites (tertiary alicyclic amines) is 1. The van der Waals surface area contributed by atoms with Crippen LogP contribution in [-0.2, 0) is 16.6 Å². The summed E-state index contributed by atoms with van der Waals surface area (Å²) in [6.45, 7) is 4.61. The first-order valence-electron chi connectivity index (χ1n) is 13.9. The minimum Gasteiger partial charge on any atom is -0.493 e. The van der Waals surface area contributed by atoms with Crippen molar-refractivity contribution in [1.82, 2.24) is 15.1 Å². The number of nitrogens with zero attached hydrogens (tertiary/aromatic N) is 3. The molecule has 4 saturated carbocycles. The van der Waals surface area contributed by atoms with Crippen molar-refractivity contribution in [3.63, 3.8) is 0 Å². The van der Waals surface area contributed by atoms with Crippen LogP contribution < -0.4 is 9.47 Å². The van der Waals surface area contributed by atoms with Gasteiger partial charge in [0.15, 0.2) is 15.8 Å². The fraction of sp³-hybridized carbons (Fsp3) is 0.655. The zero-order chi connectivity index (χ0) is 25.0. The monoisotopic (exact) mass is 537 g/mol. The van der Waals surface area contributed by atoms with Crippen molar-refractivity contribution in [1.29, 1.82) is 0 Å². The summed E-state index contributed by atoms with van der Waals surface area (Å²) in [6.07, 6.45) is 10.8. The van der Waals surface area contributed by atoms with Crippen LogP contribution in [0.2, 0.25) is 0 Å². The Balaban J connectivity index is 1.32. The number of benzene rings is 1. The van der Waals surface area contributed by atoms with Gasteiger partial charge in [-0.1, -0.05) is 35.2 Å². The molecule has 1 saturated heterocycles. The lowest BCUT2D eigenvalue weighted by atomic mass is 9.34. The van der Waals surface area contributed by atoms with Crippen LogP contribution in [0.3, 0.4) is 0 Å². The van der Waals surface area contributed by atoms with Crippen LogP contribution in [0.4, 0.5) is 0 Å². The molecular weight excluding hydrogens is 502 g/mol. The van der Waals surface area contributed by atoms with E-state index in [1.165, 1.54) is 48.4 Å². The molecule has 6 unspecified atom stereocenters. The summed E-state index contributed by atoms with van der Waals surface area (Å²) in [6, 6.07) is 5.04. The van der Waals surface area contributed by atoms with Crippen molar-refractivity contribution < 1.29 is 14.2 Å². The van der Waals surface area contributed by atoms with E-state index in [0.717, 1.165) is 47.4 Å². The van der Waals surface area contributed by atoms with Crippen LogP contribution >= 0.6 is 23.1 Å². The second-order valence-corrected chi connectivity index (χ2v) is 14.2. The molecule has 196 valence electrons. The van der Waals surface area contributed by atoms with Gasteiger partial charge in [0.25, 0.3) is 0 Å². The van der Waals surface area contributed by atoms with E-state index in [1.807, 2.05) is 12.6 Å². The third-order valence-electron chi connectivity index (χ3n) is 11.0. The van der Waals surface area contributed by atoms with E-state index in [9.17, 15) is 0 Å². The van der Waals surface area contributed by atoms with Gasteiger partial charge < -0.3 is 14.2 Å². The smallest absolute Gasteiger partial charge is 0.178 e. The molecule has 8 heteroatoms. The van der Waals surface area contributed by atoms with E-state index in [4.69, 9.17) is 14.2 Å². The van der Waals surface area contributed by atoms with Crippen LogP contribution in [0.1, 0.15) is 56.6 Å². The number of ether oxygens (including phenoxy) is 3. The minimum absolute atomic E-state index is 0.00149. The number of methoxy groups -OCH3 is 2. The lowest BCUT2D eigenvalue weighted by molar-refractivity contribution is -0.269. The average molecular weight is 538 g/mol. The van der Waals surface area contributed by atoms with Crippen LogP contribution in [0.5, 0.6) is 11.5 Å². The first-order chi connectivity index (χ1) is 18.1. The maximum absolute atomic E-state index is 7.18. The second kappa shape index (κ2) is 7.96. The second-order valence-electron chi connectivity index (χ2n) is 12.1. The summed E-state index contributed by atoms with van der Waals surface area (Å²) < 4.78 is 20.8. The Morgan fingerprint density at radius 3 is 2.89 bits per heavy atom. The molecule has 2 aromatic rings. The maximum atomic E-state index is 7.18. The van der Waals surface area contributed by atoms with E-state index in [1.54, 1.807) is 30.2 Å². The predicted molar refractivity (Wildman–Crippen MR) is 145 cm³/mol. The van der Waals surface area contributed by atoms with Crippen molar-refractivity contribution in [3.05, 3.63) is 39.8 Å². The van der Waals surface area contributed by atoms with Gasteiger partial charge in [-0.25, -0.2) is 0 Å². The van der Waals surface area contributed by atoms with Crippen LogP contribution in [0.15, 0.2) is 33.0 Å². The standard InChI is InChI=1S/C29H35N3O3S2/c1-4-21(37-26-31-30-16-36-26)19-14-27-9-10-29(19,34-3)25-28(27)11-12-32(15-17-5-6-17)22(27)13-18-7-8-20(33-2)24(35-25)23(18)28/h4,7-8,16-17,19,22,25H,5-6,9-15H2,1-3H3. The first-order valence-corrected chi connectivity index (χ1v) is 15.6. The molecule has 7 aliphatic rings. The topological polar surface area (TPSA) is 56.7 Å². The van der Waals surface area contributed by atoms with Gasteiger partial charge in [-0.05, 0) is 80.9 Å². The third kappa shape index (κ3) is 2.81. The average Bonchev–Trinajstić information content (AvgIpc) is 3.44. The fourth-order valence-electron chi connectivity index (χ4n) is 9.51. The van der Waals surface area contributed by atoms with Gasteiger partial charge in [0.1, 0.15) is 17.2 Å². The van der Waals surface area contributed by atoms with E-state index in [-0.39, 0.29) is 28.5 Å². The van der Waals surface area contributed by atoms with Crippen molar-refractivity contribution in [2.24, 2.45) is 17.3 Å². The number of thioether (sulfide) groups is 1. The Labute approximate surface area is 227 Å². The maximum Gasteiger partial charge on any atom is 0.178 e. The molecule has 6 nitrogen and oxygen atoms in total. The van der Waals surface area contributed by atoms with Gasteiger partial charge >= 0.3 is 0 Å². The normalized spacial score (nSPS) is 39.4. The van der Waals surface area contributed by atoms with Gasteiger partial charge in [-0.15, -0.1) is 10.2 Å². The SMILES string of the molecule is CC=C(Sc1nncs1)C1CC23CCC1(OC)C1Oc4c(OC)ccc5c4C12CCN(CC1CC1)C3C5. The molecule has 5 fully saturated rings. The molecular formula is C29H35N3O3S2. The highest BCUT2D eigenvalue weighted by Crippen LogP contribution is 2.77. The van der Waals surface area contributed by atoms with E-state index in [2.05, 4.69) is 40.2 Å². The number of aromatic nitrogens is 2.